The molecule has 0 fully saturated rings. The summed E-state index contributed by atoms with van der Waals surface area (Å²) in [7, 11) is -3.41. The van der Waals surface area contributed by atoms with E-state index in [-0.39, 0.29) is 28.1 Å². The molecule has 0 heterocycles. The van der Waals surface area contributed by atoms with Crippen molar-refractivity contribution in [3.8, 4) is 0 Å². The van der Waals surface area contributed by atoms with Crippen LogP contribution in [0.15, 0.2) is 36.4 Å². The van der Waals surface area contributed by atoms with E-state index in [1.807, 2.05) is 0 Å². The number of nitrogens with one attached hydrogen (secondary N) is 2. The van der Waals surface area contributed by atoms with E-state index in [1.165, 1.54) is 48.0 Å². The molecule has 15 heteroatoms. The monoisotopic (exact) mass is 728 g/mol. The predicted octanol–water partition coefficient (Wildman–Crippen LogP) is 5.73. The minimum Gasteiger partial charge on any atom is -0.349 e. The highest BCUT2D eigenvalue weighted by Crippen LogP contribution is 2.55. The molecule has 0 aromatic heterocycles. The third kappa shape index (κ3) is 7.16. The Morgan fingerprint density at radius 1 is 1.05 bits per heavy atom. The van der Waals surface area contributed by atoms with Gasteiger partial charge in [-0.3, -0.25) is 9.59 Å². The molecule has 6 nitrogen and oxygen atoms in total. The summed E-state index contributed by atoms with van der Waals surface area (Å²) in [5.41, 5.74) is -6.95. The van der Waals surface area contributed by atoms with Gasteiger partial charge in [-0.1, -0.05) is 18.2 Å². The zero-order valence-corrected chi connectivity index (χ0v) is 23.9. The van der Waals surface area contributed by atoms with Crippen LogP contribution < -0.4 is 10.6 Å². The molecule has 0 aliphatic carbocycles. The van der Waals surface area contributed by atoms with Gasteiger partial charge in [0.2, 0.25) is 0 Å². The Balaban J connectivity index is 2.40. The molecular formula is C22H20BrF6IN2O4S. The average molecular weight is 729 g/mol. The first-order valence-electron chi connectivity index (χ1n) is 10.2. The molecule has 2 rings (SSSR count). The molecular weight excluding hydrogens is 709 g/mol. The van der Waals surface area contributed by atoms with E-state index in [0.717, 1.165) is 12.3 Å². The van der Waals surface area contributed by atoms with Gasteiger partial charge in [-0.05, 0) is 76.1 Å². The lowest BCUT2D eigenvalue weighted by molar-refractivity contribution is -0.282. The summed E-state index contributed by atoms with van der Waals surface area (Å²) in [5, 5.41) is 4.87. The lowest BCUT2D eigenvalue weighted by atomic mass is 9.93. The van der Waals surface area contributed by atoms with E-state index >= 15 is 0 Å². The number of carbonyl (C=O) groups excluding carboxylic acids is 2. The minimum atomic E-state index is -5.96. The molecule has 2 amide bonds. The first kappa shape index (κ1) is 31.3. The van der Waals surface area contributed by atoms with Crippen LogP contribution in [0.5, 0.6) is 0 Å². The van der Waals surface area contributed by atoms with Gasteiger partial charge in [0.1, 0.15) is 9.84 Å². The second-order valence-electron chi connectivity index (χ2n) is 8.27. The van der Waals surface area contributed by atoms with E-state index in [2.05, 4.69) is 10.6 Å². The zero-order chi connectivity index (χ0) is 28.6. The fourth-order valence-electron chi connectivity index (χ4n) is 3.43. The van der Waals surface area contributed by atoms with E-state index in [0.29, 0.717) is 15.7 Å². The Hall–Kier alpha value is -1.88. The number of alkyl halides is 7. The summed E-state index contributed by atoms with van der Waals surface area (Å²) in [6, 6.07) is 5.33. The van der Waals surface area contributed by atoms with Gasteiger partial charge in [-0.15, -0.1) is 0 Å². The third-order valence-corrected chi connectivity index (χ3v) is 7.62. The molecule has 0 saturated heterocycles. The van der Waals surface area contributed by atoms with E-state index in [4.69, 9.17) is 0 Å². The van der Waals surface area contributed by atoms with Gasteiger partial charge < -0.3 is 10.6 Å². The molecule has 0 spiro atoms. The van der Waals surface area contributed by atoms with Crippen LogP contribution in [-0.4, -0.2) is 49.3 Å². The Labute approximate surface area is 230 Å². The smallest absolute Gasteiger partial charge is 0.349 e. The second-order valence-corrected chi connectivity index (χ2v) is 12.6. The predicted molar refractivity (Wildman–Crippen MR) is 138 cm³/mol. The maximum absolute atomic E-state index is 14.7. The van der Waals surface area contributed by atoms with Crippen molar-refractivity contribution in [2.75, 3.05) is 17.3 Å². The average Bonchev–Trinajstić information content (AvgIpc) is 2.71. The van der Waals surface area contributed by atoms with Crippen LogP contribution >= 0.6 is 38.5 Å². The Morgan fingerprint density at radius 2 is 1.65 bits per heavy atom. The van der Waals surface area contributed by atoms with Crippen LogP contribution in [0.25, 0.3) is 0 Å². The maximum atomic E-state index is 14.7. The largest absolute Gasteiger partial charge is 0.433 e. The Kier molecular flexibility index (Phi) is 9.38. The van der Waals surface area contributed by atoms with Gasteiger partial charge >= 0.3 is 16.7 Å². The number of rotatable bonds is 8. The first-order valence-corrected chi connectivity index (χ1v) is 14.1. The number of hydrogen-bond donors (Lipinski definition) is 2. The van der Waals surface area contributed by atoms with Crippen LogP contribution in [0.1, 0.15) is 38.8 Å². The number of carbonyl (C=O) groups is 2. The van der Waals surface area contributed by atoms with Crippen molar-refractivity contribution in [2.45, 2.75) is 36.6 Å². The topological polar surface area (TPSA) is 92.3 Å². The Bertz CT molecular complexity index is 1300. The summed E-state index contributed by atoms with van der Waals surface area (Å²) in [6.45, 7) is 2.64. The summed E-state index contributed by atoms with van der Waals surface area (Å²) in [6.07, 6.45) is -4.97. The second kappa shape index (κ2) is 11.1. The van der Waals surface area contributed by atoms with Crippen molar-refractivity contribution in [1.29, 1.82) is 0 Å². The minimum absolute atomic E-state index is 0.0889. The molecule has 1 unspecified atom stereocenters. The number of benzene rings is 2. The van der Waals surface area contributed by atoms with Gasteiger partial charge in [0.25, 0.3) is 11.8 Å². The fraction of sp³-hybridized carbons (Fsp3) is 0.364. The molecule has 0 aliphatic rings. The van der Waals surface area contributed by atoms with Gasteiger partial charge in [0.05, 0.1) is 16.9 Å². The highest BCUT2D eigenvalue weighted by atomic mass is 127. The zero-order valence-electron chi connectivity index (χ0n) is 19.3. The molecule has 0 aliphatic heterocycles. The van der Waals surface area contributed by atoms with Crippen molar-refractivity contribution in [1.82, 2.24) is 5.32 Å². The number of anilines is 1. The number of aryl methyl sites for hydroxylation is 1. The van der Waals surface area contributed by atoms with Gasteiger partial charge in [-0.25, -0.2) is 12.8 Å². The molecule has 0 saturated carbocycles. The normalized spacial score (nSPS) is 15.0. The lowest BCUT2D eigenvalue weighted by Gasteiger charge is -2.32. The van der Waals surface area contributed by atoms with Crippen LogP contribution in [-0.2, 0) is 15.5 Å². The highest BCUT2D eigenvalue weighted by Gasteiger charge is 2.71. The number of hydrogen-bond acceptors (Lipinski definition) is 4. The highest BCUT2D eigenvalue weighted by molar-refractivity contribution is 14.1. The molecule has 2 aromatic carbocycles. The van der Waals surface area contributed by atoms with Gasteiger partial charge in [-0.2, -0.15) is 22.0 Å². The number of amides is 2. The fourth-order valence-corrected chi connectivity index (χ4v) is 5.62. The maximum Gasteiger partial charge on any atom is 0.433 e. The molecule has 2 atom stereocenters. The SMILES string of the molecule is Cc1cc(C(F)(C(F)(F)F)C(F)(F)Br)ccc1NC(=O)c1cccc(I)c1C(=O)N[C@@H](C)CS(C)(=O)=O. The number of halogens is 8. The molecule has 0 bridgehead atoms. The van der Waals surface area contributed by atoms with Crippen molar-refractivity contribution in [2.24, 2.45) is 0 Å². The van der Waals surface area contributed by atoms with Crippen molar-refractivity contribution in [3.63, 3.8) is 0 Å². The van der Waals surface area contributed by atoms with E-state index < -0.39 is 49.9 Å². The molecule has 0 radical (unpaired) electrons. The lowest BCUT2D eigenvalue weighted by Crippen LogP contribution is -2.49. The summed E-state index contributed by atoms with van der Waals surface area (Å²) < 4.78 is 105. The van der Waals surface area contributed by atoms with Crippen LogP contribution in [0.3, 0.4) is 0 Å². The van der Waals surface area contributed by atoms with E-state index in [9.17, 15) is 44.3 Å². The van der Waals surface area contributed by atoms with Crippen molar-refractivity contribution in [3.05, 3.63) is 62.2 Å². The standard InChI is InChI=1S/C22H20BrF6IN2O4S/c1-11-9-13(20(24,21(23,25)26)22(27,28)29)7-8-16(11)32-18(33)14-5-4-6-15(30)17(14)19(34)31-12(2)10-37(3,35)36/h4-9,12H,10H2,1-3H3,(H,31,34)(H,32,33)/t12-,20?/m0/s1. The molecule has 37 heavy (non-hydrogen) atoms. The Morgan fingerprint density at radius 3 is 2.14 bits per heavy atom. The number of sulfone groups is 1. The molecule has 2 N–H and O–H groups in total. The third-order valence-electron chi connectivity index (χ3n) is 5.07. The van der Waals surface area contributed by atoms with E-state index in [1.54, 1.807) is 22.6 Å². The van der Waals surface area contributed by atoms with Crippen LogP contribution in [0.2, 0.25) is 0 Å². The molecule has 2 aromatic rings. The van der Waals surface area contributed by atoms with Crippen molar-refractivity contribution >= 4 is 65.9 Å². The van der Waals surface area contributed by atoms with Crippen LogP contribution in [0, 0.1) is 10.5 Å². The first-order chi connectivity index (χ1) is 16.7. The van der Waals surface area contributed by atoms with Crippen LogP contribution in [0.4, 0.5) is 32.0 Å². The van der Waals surface area contributed by atoms with Gasteiger partial charge in [0.15, 0.2) is 0 Å². The summed E-state index contributed by atoms with van der Waals surface area (Å²) >= 11 is 3.27. The summed E-state index contributed by atoms with van der Waals surface area (Å²) in [4.78, 5) is 20.8. The quantitative estimate of drug-likeness (QED) is 0.207. The summed E-state index contributed by atoms with van der Waals surface area (Å²) in [5.74, 6) is -1.97. The van der Waals surface area contributed by atoms with Crippen molar-refractivity contribution < 1.29 is 44.3 Å². The molecule has 204 valence electrons. The van der Waals surface area contributed by atoms with Gasteiger partial charge in [0, 0.05) is 27.1 Å².